The lowest BCUT2D eigenvalue weighted by Gasteiger charge is -2.12. The van der Waals surface area contributed by atoms with E-state index in [0.29, 0.717) is 27.6 Å². The number of rotatable bonds is 6. The summed E-state index contributed by atoms with van der Waals surface area (Å²) >= 11 is 3.40. The summed E-state index contributed by atoms with van der Waals surface area (Å²) in [6, 6.07) is 12.9. The second-order valence-electron chi connectivity index (χ2n) is 5.93. The monoisotopic (exact) mass is 441 g/mol. The number of aromatic nitrogens is 2. The molecule has 0 spiro atoms. The molecule has 28 heavy (non-hydrogen) atoms. The number of nitrogens with zero attached hydrogens (tertiary/aromatic N) is 2. The molecule has 0 aliphatic carbocycles. The van der Waals surface area contributed by atoms with Crippen molar-refractivity contribution in [2.45, 2.75) is 6.92 Å². The minimum Gasteiger partial charge on any atom is -0.437 e. The van der Waals surface area contributed by atoms with Gasteiger partial charge in [-0.2, -0.15) is 4.98 Å². The van der Waals surface area contributed by atoms with E-state index in [0.717, 1.165) is 16.9 Å². The number of hydrogen-bond acceptors (Lipinski definition) is 6. The van der Waals surface area contributed by atoms with Crippen molar-refractivity contribution in [3.8, 4) is 11.6 Å². The van der Waals surface area contributed by atoms with Gasteiger partial charge in [-0.1, -0.05) is 12.1 Å². The van der Waals surface area contributed by atoms with Gasteiger partial charge in [0, 0.05) is 25.5 Å². The molecule has 0 atom stereocenters. The van der Waals surface area contributed by atoms with Gasteiger partial charge >= 0.3 is 0 Å². The number of hydrogen-bond donors (Lipinski definition) is 3. The molecular formula is C20H20BrN5O2. The molecule has 0 unspecified atom stereocenters. The van der Waals surface area contributed by atoms with Crippen LogP contribution in [0.2, 0.25) is 0 Å². The summed E-state index contributed by atoms with van der Waals surface area (Å²) in [5.74, 6) is 0.852. The predicted octanol–water partition coefficient (Wildman–Crippen LogP) is 4.48. The second kappa shape index (κ2) is 8.71. The fourth-order valence-corrected chi connectivity index (χ4v) is 2.89. The van der Waals surface area contributed by atoms with Crippen LogP contribution in [0.4, 0.5) is 17.3 Å². The van der Waals surface area contributed by atoms with Crippen molar-refractivity contribution >= 4 is 39.2 Å². The Kier molecular flexibility index (Phi) is 6.10. The molecular weight excluding hydrogens is 422 g/mol. The van der Waals surface area contributed by atoms with Crippen molar-refractivity contribution in [1.29, 1.82) is 0 Å². The predicted molar refractivity (Wildman–Crippen MR) is 114 cm³/mol. The van der Waals surface area contributed by atoms with Crippen LogP contribution in [0.5, 0.6) is 11.6 Å². The molecule has 7 nitrogen and oxygen atoms in total. The van der Waals surface area contributed by atoms with Crippen LogP contribution < -0.4 is 20.7 Å². The van der Waals surface area contributed by atoms with Crippen molar-refractivity contribution in [2.24, 2.45) is 0 Å². The van der Waals surface area contributed by atoms with Gasteiger partial charge in [-0.15, -0.1) is 0 Å². The number of aryl methyl sites for hydroxylation is 1. The van der Waals surface area contributed by atoms with Gasteiger partial charge < -0.3 is 20.7 Å². The van der Waals surface area contributed by atoms with E-state index < -0.39 is 0 Å². The Morgan fingerprint density at radius 3 is 2.64 bits per heavy atom. The minimum atomic E-state index is -0.237. The van der Waals surface area contributed by atoms with Gasteiger partial charge in [0.1, 0.15) is 5.75 Å². The van der Waals surface area contributed by atoms with E-state index >= 15 is 0 Å². The molecule has 0 bridgehead atoms. The summed E-state index contributed by atoms with van der Waals surface area (Å²) in [4.78, 5) is 20.7. The Labute approximate surface area is 171 Å². The zero-order chi connectivity index (χ0) is 20.1. The molecule has 0 saturated heterocycles. The molecule has 0 saturated carbocycles. The third-order valence-corrected chi connectivity index (χ3v) is 4.57. The SMILES string of the molecule is CNC(=O)c1ccccc1Oc1nc(Nc2ccc(NC)c(C)c2)ncc1Br. The molecule has 0 aliphatic rings. The molecule has 0 fully saturated rings. The number of carbonyl (C=O) groups is 1. The summed E-state index contributed by atoms with van der Waals surface area (Å²) in [6.07, 6.45) is 1.60. The number of anilines is 3. The number of halogens is 1. The first kappa shape index (κ1) is 19.6. The van der Waals surface area contributed by atoms with Crippen LogP contribution >= 0.6 is 15.9 Å². The Morgan fingerprint density at radius 2 is 1.93 bits per heavy atom. The molecule has 3 aromatic rings. The first-order chi connectivity index (χ1) is 13.5. The molecule has 0 aliphatic heterocycles. The Morgan fingerprint density at radius 1 is 1.14 bits per heavy atom. The normalized spacial score (nSPS) is 10.3. The number of ether oxygens (including phenoxy) is 1. The van der Waals surface area contributed by atoms with Crippen molar-refractivity contribution < 1.29 is 9.53 Å². The lowest BCUT2D eigenvalue weighted by atomic mass is 10.2. The van der Waals surface area contributed by atoms with Crippen LogP contribution in [0.3, 0.4) is 0 Å². The molecule has 8 heteroatoms. The van der Waals surface area contributed by atoms with Gasteiger partial charge in [-0.3, -0.25) is 4.79 Å². The maximum Gasteiger partial charge on any atom is 0.254 e. The zero-order valence-corrected chi connectivity index (χ0v) is 17.3. The largest absolute Gasteiger partial charge is 0.437 e. The van der Waals surface area contributed by atoms with E-state index in [1.54, 1.807) is 37.5 Å². The average molecular weight is 442 g/mol. The van der Waals surface area contributed by atoms with E-state index in [-0.39, 0.29) is 5.91 Å². The highest BCUT2D eigenvalue weighted by Crippen LogP contribution is 2.31. The summed E-state index contributed by atoms with van der Waals surface area (Å²) in [5.41, 5.74) is 3.43. The first-order valence-electron chi connectivity index (χ1n) is 8.58. The van der Waals surface area contributed by atoms with Crippen LogP contribution in [-0.4, -0.2) is 30.0 Å². The van der Waals surface area contributed by atoms with Crippen molar-refractivity contribution in [3.05, 3.63) is 64.3 Å². The summed E-state index contributed by atoms with van der Waals surface area (Å²) in [5, 5.41) is 8.90. The van der Waals surface area contributed by atoms with Gasteiger partial charge in [0.15, 0.2) is 0 Å². The lowest BCUT2D eigenvalue weighted by Crippen LogP contribution is -2.18. The second-order valence-corrected chi connectivity index (χ2v) is 6.78. The van der Waals surface area contributed by atoms with Crippen LogP contribution in [-0.2, 0) is 0 Å². The third-order valence-electron chi connectivity index (χ3n) is 4.03. The number of amides is 1. The molecule has 1 heterocycles. The third kappa shape index (κ3) is 4.40. The highest BCUT2D eigenvalue weighted by molar-refractivity contribution is 9.10. The highest BCUT2D eigenvalue weighted by atomic mass is 79.9. The van der Waals surface area contributed by atoms with Gasteiger partial charge in [0.25, 0.3) is 5.91 Å². The van der Waals surface area contributed by atoms with Gasteiger partial charge in [0.2, 0.25) is 11.8 Å². The molecule has 1 aromatic heterocycles. The Hall–Kier alpha value is -3.13. The van der Waals surface area contributed by atoms with Crippen LogP contribution in [0.15, 0.2) is 53.1 Å². The Balaban J connectivity index is 1.87. The summed E-state index contributed by atoms with van der Waals surface area (Å²) < 4.78 is 6.47. The van der Waals surface area contributed by atoms with E-state index in [4.69, 9.17) is 4.74 Å². The molecule has 144 valence electrons. The molecule has 3 N–H and O–H groups in total. The number of nitrogens with one attached hydrogen (secondary N) is 3. The average Bonchev–Trinajstić information content (AvgIpc) is 2.70. The molecule has 1 amide bonds. The van der Waals surface area contributed by atoms with Gasteiger partial charge in [-0.05, 0) is 58.7 Å². The number of carbonyl (C=O) groups excluding carboxylic acids is 1. The smallest absolute Gasteiger partial charge is 0.254 e. The lowest BCUT2D eigenvalue weighted by molar-refractivity contribution is 0.0960. The van der Waals surface area contributed by atoms with Crippen molar-refractivity contribution in [2.75, 3.05) is 24.7 Å². The van der Waals surface area contributed by atoms with Crippen LogP contribution in [0, 0.1) is 6.92 Å². The van der Waals surface area contributed by atoms with E-state index in [1.165, 1.54) is 0 Å². The van der Waals surface area contributed by atoms with E-state index in [9.17, 15) is 4.79 Å². The highest BCUT2D eigenvalue weighted by Gasteiger charge is 2.14. The van der Waals surface area contributed by atoms with Gasteiger partial charge in [-0.25, -0.2) is 4.98 Å². The molecule has 3 rings (SSSR count). The minimum absolute atomic E-state index is 0.237. The maximum atomic E-state index is 12.0. The maximum absolute atomic E-state index is 12.0. The van der Waals surface area contributed by atoms with Crippen LogP contribution in [0.25, 0.3) is 0 Å². The van der Waals surface area contributed by atoms with Gasteiger partial charge in [0.05, 0.1) is 16.2 Å². The molecule has 0 radical (unpaired) electrons. The van der Waals surface area contributed by atoms with Crippen molar-refractivity contribution in [1.82, 2.24) is 15.3 Å². The standard InChI is InChI=1S/C20H20BrN5O2/c1-12-10-13(8-9-16(12)22-2)25-20-24-11-15(21)19(26-20)28-17-7-5-4-6-14(17)18(27)23-3/h4-11,22H,1-3H3,(H,23,27)(H,24,25,26). The van der Waals surface area contributed by atoms with Crippen molar-refractivity contribution in [3.63, 3.8) is 0 Å². The fraction of sp³-hybridized carbons (Fsp3) is 0.150. The van der Waals surface area contributed by atoms with Crippen LogP contribution in [0.1, 0.15) is 15.9 Å². The summed E-state index contributed by atoms with van der Waals surface area (Å²) in [6.45, 7) is 2.02. The fourth-order valence-electron chi connectivity index (χ4n) is 2.62. The zero-order valence-electron chi connectivity index (χ0n) is 15.7. The number of benzene rings is 2. The first-order valence-corrected chi connectivity index (χ1v) is 9.38. The Bertz CT molecular complexity index is 1010. The number of para-hydroxylation sites is 1. The topological polar surface area (TPSA) is 88.2 Å². The quantitative estimate of drug-likeness (QED) is 0.522. The van der Waals surface area contributed by atoms with E-state index in [2.05, 4.69) is 41.8 Å². The molecule has 2 aromatic carbocycles. The summed E-state index contributed by atoms with van der Waals surface area (Å²) in [7, 11) is 3.45. The van der Waals surface area contributed by atoms with E-state index in [1.807, 2.05) is 32.2 Å².